The van der Waals surface area contributed by atoms with Crippen molar-refractivity contribution in [2.45, 2.75) is 20.8 Å². The Hall–Kier alpha value is -4.44. The van der Waals surface area contributed by atoms with Crippen LogP contribution in [-0.2, 0) is 0 Å². The fourth-order valence-corrected chi connectivity index (χ4v) is 4.16. The van der Waals surface area contributed by atoms with Gasteiger partial charge in [0.05, 0.1) is 11.4 Å². The molecule has 4 aromatic carbocycles. The van der Waals surface area contributed by atoms with E-state index in [1.807, 2.05) is 85.3 Å². The van der Waals surface area contributed by atoms with Gasteiger partial charge in [0.15, 0.2) is 5.69 Å². The molecule has 5 rings (SSSR count). The van der Waals surface area contributed by atoms with Gasteiger partial charge in [-0.1, -0.05) is 78.9 Å². The summed E-state index contributed by atoms with van der Waals surface area (Å²) in [4.78, 5) is 13.2. The van der Waals surface area contributed by atoms with E-state index >= 15 is 0 Å². The summed E-state index contributed by atoms with van der Waals surface area (Å²) in [5.74, 6) is -0.234. The Morgan fingerprint density at radius 2 is 1.31 bits per heavy atom. The molecule has 0 aliphatic heterocycles. The first-order valence-corrected chi connectivity index (χ1v) is 11.7. The summed E-state index contributed by atoms with van der Waals surface area (Å²) in [7, 11) is 0. The third kappa shape index (κ3) is 4.64. The van der Waals surface area contributed by atoms with Crippen molar-refractivity contribution in [1.29, 1.82) is 0 Å². The van der Waals surface area contributed by atoms with Gasteiger partial charge in [0.25, 0.3) is 5.91 Å². The SMILES string of the molecule is Cc1ccc(NC(=O)c2cc(-c3ccc(-c4ccccc4)cc3)n(-c3ccccc3C)n2)cc1C. The highest BCUT2D eigenvalue weighted by molar-refractivity contribution is 6.03. The van der Waals surface area contributed by atoms with Crippen molar-refractivity contribution in [3.8, 4) is 28.1 Å². The predicted octanol–water partition coefficient (Wildman–Crippen LogP) is 7.38. The lowest BCUT2D eigenvalue weighted by atomic mass is 10.0. The van der Waals surface area contributed by atoms with Crippen molar-refractivity contribution in [2.24, 2.45) is 0 Å². The molecular weight excluding hydrogens is 430 g/mol. The van der Waals surface area contributed by atoms with Gasteiger partial charge in [-0.15, -0.1) is 0 Å². The topological polar surface area (TPSA) is 46.9 Å². The second kappa shape index (κ2) is 9.43. The van der Waals surface area contributed by atoms with E-state index in [1.54, 1.807) is 0 Å². The molecule has 0 aliphatic rings. The summed E-state index contributed by atoms with van der Waals surface area (Å²) in [6.45, 7) is 6.14. The first-order valence-electron chi connectivity index (χ1n) is 11.7. The molecule has 0 spiro atoms. The van der Waals surface area contributed by atoms with Gasteiger partial charge in [-0.05, 0) is 72.9 Å². The van der Waals surface area contributed by atoms with Crippen LogP contribution in [0.1, 0.15) is 27.2 Å². The Morgan fingerprint density at radius 3 is 2.03 bits per heavy atom. The van der Waals surface area contributed by atoms with Gasteiger partial charge in [-0.25, -0.2) is 4.68 Å². The number of hydrogen-bond donors (Lipinski definition) is 1. The number of rotatable bonds is 5. The number of anilines is 1. The van der Waals surface area contributed by atoms with E-state index in [2.05, 4.69) is 48.6 Å². The smallest absolute Gasteiger partial charge is 0.276 e. The van der Waals surface area contributed by atoms with Crippen LogP contribution < -0.4 is 5.32 Å². The monoisotopic (exact) mass is 457 g/mol. The number of nitrogens with zero attached hydrogens (tertiary/aromatic N) is 2. The minimum atomic E-state index is -0.234. The summed E-state index contributed by atoms with van der Waals surface area (Å²) in [6, 6.07) is 34.5. The Balaban J connectivity index is 1.54. The largest absolute Gasteiger partial charge is 0.321 e. The molecule has 35 heavy (non-hydrogen) atoms. The average Bonchev–Trinajstić information content (AvgIpc) is 3.33. The van der Waals surface area contributed by atoms with Gasteiger partial charge in [0.2, 0.25) is 0 Å². The molecule has 0 atom stereocenters. The predicted molar refractivity (Wildman–Crippen MR) is 143 cm³/mol. The van der Waals surface area contributed by atoms with Crippen LogP contribution in [-0.4, -0.2) is 15.7 Å². The van der Waals surface area contributed by atoms with Crippen LogP contribution in [0.3, 0.4) is 0 Å². The zero-order valence-electron chi connectivity index (χ0n) is 20.1. The summed E-state index contributed by atoms with van der Waals surface area (Å²) < 4.78 is 1.86. The second-order valence-electron chi connectivity index (χ2n) is 8.81. The molecule has 4 heteroatoms. The third-order valence-electron chi connectivity index (χ3n) is 6.34. The Labute approximate surface area is 205 Å². The molecule has 0 radical (unpaired) electrons. The third-order valence-corrected chi connectivity index (χ3v) is 6.34. The molecule has 0 aliphatic carbocycles. The molecule has 1 heterocycles. The number of benzene rings is 4. The molecule has 1 N–H and O–H groups in total. The normalized spacial score (nSPS) is 10.8. The number of hydrogen-bond acceptors (Lipinski definition) is 2. The van der Waals surface area contributed by atoms with E-state index < -0.39 is 0 Å². The number of aromatic nitrogens is 2. The van der Waals surface area contributed by atoms with Gasteiger partial charge in [-0.3, -0.25) is 4.79 Å². The Kier molecular flexibility index (Phi) is 6.02. The van der Waals surface area contributed by atoms with Crippen molar-refractivity contribution >= 4 is 11.6 Å². The van der Waals surface area contributed by atoms with Crippen molar-refractivity contribution in [3.63, 3.8) is 0 Å². The lowest BCUT2D eigenvalue weighted by Gasteiger charge is -2.11. The molecule has 1 aromatic heterocycles. The number of amides is 1. The van der Waals surface area contributed by atoms with E-state index in [9.17, 15) is 4.79 Å². The van der Waals surface area contributed by atoms with Crippen LogP contribution in [0.15, 0.2) is 103 Å². The summed E-state index contributed by atoms with van der Waals surface area (Å²) >= 11 is 0. The molecular formula is C31H27N3O. The lowest BCUT2D eigenvalue weighted by Crippen LogP contribution is -2.13. The molecule has 0 saturated heterocycles. The number of nitrogens with one attached hydrogen (secondary N) is 1. The van der Waals surface area contributed by atoms with Crippen LogP contribution in [0.25, 0.3) is 28.1 Å². The van der Waals surface area contributed by atoms with Gasteiger partial charge in [-0.2, -0.15) is 5.10 Å². The Morgan fingerprint density at radius 1 is 0.657 bits per heavy atom. The molecule has 4 nitrogen and oxygen atoms in total. The van der Waals surface area contributed by atoms with Crippen molar-refractivity contribution in [2.75, 3.05) is 5.32 Å². The quantitative estimate of drug-likeness (QED) is 0.299. The fraction of sp³-hybridized carbons (Fsp3) is 0.0968. The number of carbonyl (C=O) groups excluding carboxylic acids is 1. The standard InChI is InChI=1S/C31H27N3O/c1-21-13-18-27(19-23(21)3)32-31(35)28-20-30(34(33-28)29-12-8-7-9-22(29)2)26-16-14-25(15-17-26)24-10-5-4-6-11-24/h4-20H,1-3H3,(H,32,35). The van der Waals surface area contributed by atoms with Crippen LogP contribution in [0.4, 0.5) is 5.69 Å². The van der Waals surface area contributed by atoms with Crippen LogP contribution >= 0.6 is 0 Å². The van der Waals surface area contributed by atoms with Crippen molar-refractivity contribution in [1.82, 2.24) is 9.78 Å². The molecule has 1 amide bonds. The highest BCUT2D eigenvalue weighted by Gasteiger charge is 2.18. The van der Waals surface area contributed by atoms with Crippen LogP contribution in [0.5, 0.6) is 0 Å². The molecule has 0 bridgehead atoms. The van der Waals surface area contributed by atoms with Gasteiger partial charge >= 0.3 is 0 Å². The zero-order chi connectivity index (χ0) is 24.4. The van der Waals surface area contributed by atoms with E-state index in [4.69, 9.17) is 5.10 Å². The summed E-state index contributed by atoms with van der Waals surface area (Å²) in [6.07, 6.45) is 0. The maximum absolute atomic E-state index is 13.2. The van der Waals surface area contributed by atoms with E-state index in [1.165, 1.54) is 11.1 Å². The van der Waals surface area contributed by atoms with E-state index in [0.717, 1.165) is 39.3 Å². The van der Waals surface area contributed by atoms with Crippen LogP contribution in [0, 0.1) is 20.8 Å². The summed E-state index contributed by atoms with van der Waals surface area (Å²) in [5, 5.41) is 7.74. The van der Waals surface area contributed by atoms with Gasteiger partial charge in [0, 0.05) is 11.3 Å². The van der Waals surface area contributed by atoms with E-state index in [-0.39, 0.29) is 5.91 Å². The van der Waals surface area contributed by atoms with Crippen molar-refractivity contribution in [3.05, 3.63) is 126 Å². The Bertz CT molecular complexity index is 1500. The number of aryl methyl sites for hydroxylation is 3. The first-order chi connectivity index (χ1) is 17.0. The van der Waals surface area contributed by atoms with Crippen molar-refractivity contribution < 1.29 is 4.79 Å². The number of carbonyl (C=O) groups is 1. The molecule has 0 saturated carbocycles. The minimum absolute atomic E-state index is 0.234. The fourth-order valence-electron chi connectivity index (χ4n) is 4.16. The van der Waals surface area contributed by atoms with E-state index in [0.29, 0.717) is 5.69 Å². The maximum Gasteiger partial charge on any atom is 0.276 e. The first kappa shape index (κ1) is 22.4. The lowest BCUT2D eigenvalue weighted by molar-refractivity contribution is 0.102. The second-order valence-corrected chi connectivity index (χ2v) is 8.81. The van der Waals surface area contributed by atoms with Gasteiger partial charge < -0.3 is 5.32 Å². The molecule has 0 fully saturated rings. The molecule has 0 unspecified atom stereocenters. The zero-order valence-corrected chi connectivity index (χ0v) is 20.1. The summed E-state index contributed by atoms with van der Waals surface area (Å²) in [5.41, 5.74) is 9.64. The average molecular weight is 458 g/mol. The number of para-hydroxylation sites is 1. The highest BCUT2D eigenvalue weighted by atomic mass is 16.1. The minimum Gasteiger partial charge on any atom is -0.321 e. The highest BCUT2D eigenvalue weighted by Crippen LogP contribution is 2.29. The molecule has 5 aromatic rings. The van der Waals surface area contributed by atoms with Gasteiger partial charge in [0.1, 0.15) is 0 Å². The maximum atomic E-state index is 13.2. The molecule has 172 valence electrons. The van der Waals surface area contributed by atoms with Crippen LogP contribution in [0.2, 0.25) is 0 Å².